The zero-order valence-corrected chi connectivity index (χ0v) is 11.7. The van der Waals surface area contributed by atoms with E-state index in [1.807, 2.05) is 0 Å². The summed E-state index contributed by atoms with van der Waals surface area (Å²) in [5, 5.41) is 9.33. The summed E-state index contributed by atoms with van der Waals surface area (Å²) in [6, 6.07) is -0.316. The summed E-state index contributed by atoms with van der Waals surface area (Å²) in [5.41, 5.74) is 3.25. The fraction of sp³-hybridized carbons (Fsp3) is 0.455. The van der Waals surface area contributed by atoms with Crippen molar-refractivity contribution < 1.29 is 31.4 Å². The van der Waals surface area contributed by atoms with Gasteiger partial charge in [0.25, 0.3) is 0 Å². The lowest BCUT2D eigenvalue weighted by molar-refractivity contribution is -0.154. The first-order valence-electron chi connectivity index (χ1n) is 5.30. The topological polar surface area (TPSA) is 46.2 Å². The Kier molecular flexibility index (Phi) is 6.81. The van der Waals surface area contributed by atoms with Gasteiger partial charge in [-0.2, -0.15) is 26.3 Å². The summed E-state index contributed by atoms with van der Waals surface area (Å²) in [6.07, 6.45) is -12.3. The third kappa shape index (κ3) is 5.54. The molecule has 0 aromatic heterocycles. The number of benzene rings is 1. The maximum absolute atomic E-state index is 12.5. The Morgan fingerprint density at radius 2 is 1.67 bits per heavy atom. The van der Waals surface area contributed by atoms with E-state index in [1.165, 1.54) is 0 Å². The molecule has 0 aliphatic rings. The van der Waals surface area contributed by atoms with Gasteiger partial charge in [-0.15, -0.1) is 12.4 Å². The van der Waals surface area contributed by atoms with Crippen molar-refractivity contribution in [2.75, 3.05) is 0 Å². The monoisotopic (exact) mass is 357 g/mol. The highest BCUT2D eigenvalue weighted by Gasteiger charge is 2.38. The quantitative estimate of drug-likeness (QED) is 0.800. The highest BCUT2D eigenvalue weighted by molar-refractivity contribution is 6.31. The Labute approximate surface area is 127 Å². The van der Waals surface area contributed by atoms with Crippen LogP contribution in [0.5, 0.6) is 0 Å². The molecule has 0 aliphatic carbocycles. The third-order valence-electron chi connectivity index (χ3n) is 2.58. The van der Waals surface area contributed by atoms with Gasteiger partial charge in [-0.25, -0.2) is 0 Å². The SMILES string of the molecule is Cl.N[C@H](C[C@@H](O)c1cc(C(F)(F)F)ccc1Cl)C(F)(F)F. The molecule has 0 radical (unpaired) electrons. The minimum atomic E-state index is -4.75. The van der Waals surface area contributed by atoms with Crippen molar-refractivity contribution in [3.63, 3.8) is 0 Å². The van der Waals surface area contributed by atoms with Crippen molar-refractivity contribution in [2.24, 2.45) is 5.73 Å². The summed E-state index contributed by atoms with van der Waals surface area (Å²) >= 11 is 5.59. The Balaban J connectivity index is 0.00000400. The standard InChI is InChI=1S/C11H10ClF6NO.ClH/c12-7-2-1-5(10(13,14)15)3-6(7)8(20)4-9(19)11(16,17)18;/h1-3,8-9,20H,4,19H2;1H/t8-,9-;/m1./s1. The summed E-state index contributed by atoms with van der Waals surface area (Å²) in [4.78, 5) is 0. The van der Waals surface area contributed by atoms with E-state index >= 15 is 0 Å². The number of halogens is 8. The van der Waals surface area contributed by atoms with Crippen molar-refractivity contribution in [1.29, 1.82) is 0 Å². The number of aliphatic hydroxyl groups excluding tert-OH is 1. The molecule has 0 amide bonds. The molecule has 0 unspecified atom stereocenters. The normalized spacial score (nSPS) is 15.3. The van der Waals surface area contributed by atoms with E-state index < -0.39 is 42.0 Å². The van der Waals surface area contributed by atoms with Crippen LogP contribution < -0.4 is 5.73 Å². The van der Waals surface area contributed by atoms with Crippen LogP contribution in [0.25, 0.3) is 0 Å². The van der Waals surface area contributed by atoms with Gasteiger partial charge < -0.3 is 10.8 Å². The lowest BCUT2D eigenvalue weighted by atomic mass is 10.00. The lowest BCUT2D eigenvalue weighted by Gasteiger charge is -2.20. The molecule has 3 N–H and O–H groups in total. The average Bonchev–Trinajstić information content (AvgIpc) is 2.26. The van der Waals surface area contributed by atoms with E-state index in [0.29, 0.717) is 12.1 Å². The molecule has 10 heteroatoms. The fourth-order valence-electron chi connectivity index (χ4n) is 1.48. The summed E-state index contributed by atoms with van der Waals surface area (Å²) in [5.74, 6) is 0. The number of aliphatic hydroxyl groups is 1. The zero-order valence-electron chi connectivity index (χ0n) is 10.2. The minimum absolute atomic E-state index is 0. The smallest absolute Gasteiger partial charge is 0.388 e. The molecule has 122 valence electrons. The van der Waals surface area contributed by atoms with E-state index in [9.17, 15) is 31.4 Å². The van der Waals surface area contributed by atoms with Gasteiger partial charge >= 0.3 is 12.4 Å². The number of nitrogens with two attached hydrogens (primary N) is 1. The molecular weight excluding hydrogens is 347 g/mol. The number of rotatable bonds is 3. The molecule has 21 heavy (non-hydrogen) atoms. The average molecular weight is 358 g/mol. The van der Waals surface area contributed by atoms with Crippen LogP contribution in [0.2, 0.25) is 5.02 Å². The molecule has 1 rings (SSSR count). The van der Waals surface area contributed by atoms with Gasteiger partial charge in [0, 0.05) is 11.4 Å². The van der Waals surface area contributed by atoms with E-state index in [1.54, 1.807) is 0 Å². The molecule has 0 bridgehead atoms. The maximum atomic E-state index is 12.5. The van der Waals surface area contributed by atoms with E-state index in [-0.39, 0.29) is 17.4 Å². The predicted molar refractivity (Wildman–Crippen MR) is 67.3 cm³/mol. The van der Waals surface area contributed by atoms with Crippen molar-refractivity contribution in [3.05, 3.63) is 34.3 Å². The first-order chi connectivity index (χ1) is 8.93. The second-order valence-electron chi connectivity index (χ2n) is 4.13. The first-order valence-corrected chi connectivity index (χ1v) is 5.67. The van der Waals surface area contributed by atoms with Crippen molar-refractivity contribution in [1.82, 2.24) is 0 Å². The highest BCUT2D eigenvalue weighted by Crippen LogP contribution is 2.35. The van der Waals surface area contributed by atoms with Crippen molar-refractivity contribution >= 4 is 24.0 Å². The van der Waals surface area contributed by atoms with Gasteiger partial charge in [0.15, 0.2) is 0 Å². The summed E-state index contributed by atoms with van der Waals surface area (Å²) < 4.78 is 74.2. The van der Waals surface area contributed by atoms with Crippen molar-refractivity contribution in [2.45, 2.75) is 30.9 Å². The lowest BCUT2D eigenvalue weighted by Crippen LogP contribution is -2.38. The van der Waals surface area contributed by atoms with Crippen LogP contribution >= 0.6 is 24.0 Å². The van der Waals surface area contributed by atoms with Crippen LogP contribution in [0, 0.1) is 0 Å². The summed E-state index contributed by atoms with van der Waals surface area (Å²) in [6.45, 7) is 0. The maximum Gasteiger partial charge on any atom is 0.416 e. The van der Waals surface area contributed by atoms with Crippen LogP contribution in [0.4, 0.5) is 26.3 Å². The molecule has 1 aromatic rings. The minimum Gasteiger partial charge on any atom is -0.388 e. The molecule has 0 saturated heterocycles. The first kappa shape index (κ1) is 20.3. The van der Waals surface area contributed by atoms with Gasteiger partial charge in [-0.3, -0.25) is 0 Å². The zero-order chi connectivity index (χ0) is 15.7. The number of hydrogen-bond donors (Lipinski definition) is 2. The highest BCUT2D eigenvalue weighted by atomic mass is 35.5. The molecule has 1 aromatic carbocycles. The Bertz CT molecular complexity index is 477. The number of hydrogen-bond acceptors (Lipinski definition) is 2. The second-order valence-corrected chi connectivity index (χ2v) is 4.54. The van der Waals surface area contributed by atoms with Crippen LogP contribution in [-0.4, -0.2) is 17.3 Å². The van der Waals surface area contributed by atoms with E-state index in [0.717, 1.165) is 6.07 Å². The van der Waals surface area contributed by atoms with Gasteiger partial charge in [-0.05, 0) is 23.8 Å². The molecule has 2 atom stereocenters. The van der Waals surface area contributed by atoms with Crippen molar-refractivity contribution in [3.8, 4) is 0 Å². The predicted octanol–water partition coefficient (Wildman–Crippen LogP) is 4.09. The van der Waals surface area contributed by atoms with E-state index in [2.05, 4.69) is 0 Å². The Hall–Kier alpha value is -0.700. The summed E-state index contributed by atoms with van der Waals surface area (Å²) in [7, 11) is 0. The molecule has 0 saturated carbocycles. The number of alkyl halides is 6. The van der Waals surface area contributed by atoms with Crippen LogP contribution in [0.3, 0.4) is 0 Å². The molecule has 0 spiro atoms. The molecule has 0 fully saturated rings. The molecule has 0 aliphatic heterocycles. The van der Waals surface area contributed by atoms with Gasteiger partial charge in [0.2, 0.25) is 0 Å². The van der Waals surface area contributed by atoms with Crippen LogP contribution in [0.15, 0.2) is 18.2 Å². The van der Waals surface area contributed by atoms with Gasteiger partial charge in [0.05, 0.1) is 11.7 Å². The largest absolute Gasteiger partial charge is 0.416 e. The van der Waals surface area contributed by atoms with Crippen LogP contribution in [0.1, 0.15) is 23.7 Å². The van der Waals surface area contributed by atoms with Gasteiger partial charge in [0.1, 0.15) is 6.04 Å². The Morgan fingerprint density at radius 3 is 2.10 bits per heavy atom. The van der Waals surface area contributed by atoms with Crippen LogP contribution in [-0.2, 0) is 6.18 Å². The van der Waals surface area contributed by atoms with Gasteiger partial charge in [-0.1, -0.05) is 11.6 Å². The second kappa shape index (κ2) is 7.04. The fourth-order valence-corrected chi connectivity index (χ4v) is 1.72. The molecular formula is C11H11Cl2F6NO. The molecule has 2 nitrogen and oxygen atoms in total. The molecule has 0 heterocycles. The Morgan fingerprint density at radius 1 is 1.14 bits per heavy atom. The third-order valence-corrected chi connectivity index (χ3v) is 2.92. The van der Waals surface area contributed by atoms with E-state index in [4.69, 9.17) is 17.3 Å².